The molecule has 3 N–H and O–H groups in total. The molecule has 2 aromatic rings. The fourth-order valence-corrected chi connectivity index (χ4v) is 1.24. The minimum Gasteiger partial charge on any atom is -0.325 e. The van der Waals surface area contributed by atoms with Crippen LogP contribution < -0.4 is 11.2 Å². The molecule has 7 nitrogen and oxygen atoms in total. The Labute approximate surface area is 91.8 Å². The summed E-state index contributed by atoms with van der Waals surface area (Å²) < 4.78 is 3.02. The van der Waals surface area contributed by atoms with Gasteiger partial charge in [-0.15, -0.1) is 5.10 Å². The summed E-state index contributed by atoms with van der Waals surface area (Å²) in [5.41, 5.74) is 8.70. The van der Waals surface area contributed by atoms with E-state index in [1.807, 2.05) is 12.1 Å². The molecule has 2 aromatic heterocycles. The first kappa shape index (κ1) is 10.4. The monoisotopic (exact) mass is 220 g/mol. The highest BCUT2D eigenvalue weighted by molar-refractivity contribution is 5.83. The fraction of sp³-hybridized carbons (Fsp3) is 0.222. The molecule has 0 spiro atoms. The number of rotatable bonds is 4. The van der Waals surface area contributed by atoms with Crippen molar-refractivity contribution in [1.82, 2.24) is 19.7 Å². The van der Waals surface area contributed by atoms with Crippen molar-refractivity contribution in [3.05, 3.63) is 36.4 Å². The second-order valence-electron chi connectivity index (χ2n) is 3.24. The third-order valence-electron chi connectivity index (χ3n) is 1.96. The van der Waals surface area contributed by atoms with Gasteiger partial charge in [-0.05, 0) is 12.1 Å². The lowest BCUT2D eigenvalue weighted by atomic mass is 10.5. The van der Waals surface area contributed by atoms with E-state index in [0.29, 0.717) is 12.2 Å². The topological polar surface area (TPSA) is 90.8 Å². The number of nitrogens with two attached hydrogens (primary N) is 1. The predicted octanol–water partition coefficient (Wildman–Crippen LogP) is -0.691. The van der Waals surface area contributed by atoms with Crippen molar-refractivity contribution in [3.8, 4) is 0 Å². The van der Waals surface area contributed by atoms with E-state index in [0.717, 1.165) is 0 Å². The average Bonchev–Trinajstić information content (AvgIpc) is 2.89. The standard InChI is InChI=1S/C9H12N6O/c10-5-8-6-15(13-11-8)7-9(16)12-14-3-1-2-4-14/h1-4,6H,5,7,10H2,(H,12,16). The van der Waals surface area contributed by atoms with E-state index in [9.17, 15) is 4.79 Å². The lowest BCUT2D eigenvalue weighted by Crippen LogP contribution is -2.25. The van der Waals surface area contributed by atoms with Gasteiger partial charge in [0.2, 0.25) is 0 Å². The molecule has 0 fully saturated rings. The van der Waals surface area contributed by atoms with E-state index in [1.165, 1.54) is 4.68 Å². The molecule has 0 atom stereocenters. The van der Waals surface area contributed by atoms with Crippen LogP contribution in [0, 0.1) is 0 Å². The predicted molar refractivity (Wildman–Crippen MR) is 56.7 cm³/mol. The maximum atomic E-state index is 11.5. The van der Waals surface area contributed by atoms with Crippen LogP contribution in [0.1, 0.15) is 5.69 Å². The van der Waals surface area contributed by atoms with Gasteiger partial charge in [0.1, 0.15) is 6.54 Å². The van der Waals surface area contributed by atoms with E-state index >= 15 is 0 Å². The van der Waals surface area contributed by atoms with Crippen molar-refractivity contribution in [2.45, 2.75) is 13.1 Å². The van der Waals surface area contributed by atoms with E-state index in [2.05, 4.69) is 15.7 Å². The van der Waals surface area contributed by atoms with E-state index < -0.39 is 0 Å². The Kier molecular flexibility index (Phi) is 2.97. The summed E-state index contributed by atoms with van der Waals surface area (Å²) in [7, 11) is 0. The Morgan fingerprint density at radius 1 is 1.44 bits per heavy atom. The molecule has 84 valence electrons. The van der Waals surface area contributed by atoms with Gasteiger partial charge >= 0.3 is 0 Å². The molecular weight excluding hydrogens is 208 g/mol. The van der Waals surface area contributed by atoms with E-state index in [4.69, 9.17) is 5.73 Å². The quantitative estimate of drug-likeness (QED) is 0.713. The number of carbonyl (C=O) groups excluding carboxylic acids is 1. The first-order valence-electron chi connectivity index (χ1n) is 4.80. The molecule has 7 heteroatoms. The van der Waals surface area contributed by atoms with Crippen LogP contribution in [-0.2, 0) is 17.9 Å². The summed E-state index contributed by atoms with van der Waals surface area (Å²) in [4.78, 5) is 11.5. The lowest BCUT2D eigenvalue weighted by Gasteiger charge is -2.04. The van der Waals surface area contributed by atoms with Gasteiger partial charge in [-0.1, -0.05) is 5.21 Å². The fourth-order valence-electron chi connectivity index (χ4n) is 1.24. The third-order valence-corrected chi connectivity index (χ3v) is 1.96. The van der Waals surface area contributed by atoms with Crippen molar-refractivity contribution in [1.29, 1.82) is 0 Å². The Balaban J connectivity index is 1.92. The van der Waals surface area contributed by atoms with Gasteiger partial charge in [-0.25, -0.2) is 4.68 Å². The Bertz CT molecular complexity index is 460. The summed E-state index contributed by atoms with van der Waals surface area (Å²) in [5, 5.41) is 7.56. The summed E-state index contributed by atoms with van der Waals surface area (Å²) in [6, 6.07) is 3.64. The number of hydrogen-bond donors (Lipinski definition) is 2. The number of aromatic nitrogens is 4. The third kappa shape index (κ3) is 2.45. The van der Waals surface area contributed by atoms with Crippen LogP contribution in [0.5, 0.6) is 0 Å². The van der Waals surface area contributed by atoms with Crippen molar-refractivity contribution >= 4 is 5.91 Å². The van der Waals surface area contributed by atoms with Crippen molar-refractivity contribution in [2.24, 2.45) is 5.73 Å². The summed E-state index contributed by atoms with van der Waals surface area (Å²) >= 11 is 0. The smallest absolute Gasteiger partial charge is 0.260 e. The minimum atomic E-state index is -0.176. The van der Waals surface area contributed by atoms with E-state index in [1.54, 1.807) is 23.3 Å². The van der Waals surface area contributed by atoms with Gasteiger partial charge in [0.05, 0.1) is 11.9 Å². The summed E-state index contributed by atoms with van der Waals surface area (Å²) in [6.07, 6.45) is 5.13. The number of nitrogens with one attached hydrogen (secondary N) is 1. The zero-order valence-electron chi connectivity index (χ0n) is 8.58. The second-order valence-corrected chi connectivity index (χ2v) is 3.24. The number of hydrogen-bond acceptors (Lipinski definition) is 4. The molecule has 0 bridgehead atoms. The highest BCUT2D eigenvalue weighted by Gasteiger charge is 2.04. The molecule has 0 saturated carbocycles. The SMILES string of the molecule is NCc1cn(CC(=O)Nn2cccc2)nn1. The Morgan fingerprint density at radius 2 is 2.19 bits per heavy atom. The van der Waals surface area contributed by atoms with Crippen molar-refractivity contribution in [2.75, 3.05) is 5.43 Å². The van der Waals surface area contributed by atoms with Crippen LogP contribution in [0.15, 0.2) is 30.7 Å². The molecule has 0 aromatic carbocycles. The van der Waals surface area contributed by atoms with Crippen LogP contribution in [0.2, 0.25) is 0 Å². The molecule has 0 unspecified atom stereocenters. The highest BCUT2D eigenvalue weighted by atomic mass is 16.2. The normalized spacial score (nSPS) is 10.3. The van der Waals surface area contributed by atoms with Gasteiger partial charge in [0, 0.05) is 18.9 Å². The largest absolute Gasteiger partial charge is 0.325 e. The van der Waals surface area contributed by atoms with E-state index in [-0.39, 0.29) is 12.5 Å². The Hall–Kier alpha value is -2.15. The Morgan fingerprint density at radius 3 is 2.81 bits per heavy atom. The van der Waals surface area contributed by atoms with Crippen LogP contribution in [-0.4, -0.2) is 25.6 Å². The highest BCUT2D eigenvalue weighted by Crippen LogP contribution is 1.92. The number of amides is 1. The van der Waals surface area contributed by atoms with Crippen LogP contribution in [0.3, 0.4) is 0 Å². The number of nitrogens with zero attached hydrogens (tertiary/aromatic N) is 4. The lowest BCUT2D eigenvalue weighted by molar-refractivity contribution is -0.117. The van der Waals surface area contributed by atoms with Gasteiger partial charge < -0.3 is 5.73 Å². The summed E-state index contributed by atoms with van der Waals surface area (Å²) in [5.74, 6) is -0.176. The summed E-state index contributed by atoms with van der Waals surface area (Å²) in [6.45, 7) is 0.435. The zero-order valence-corrected chi connectivity index (χ0v) is 8.58. The second kappa shape index (κ2) is 4.58. The molecule has 0 aliphatic carbocycles. The van der Waals surface area contributed by atoms with Crippen LogP contribution in [0.4, 0.5) is 0 Å². The van der Waals surface area contributed by atoms with Gasteiger partial charge in [-0.3, -0.25) is 14.9 Å². The van der Waals surface area contributed by atoms with Crippen molar-refractivity contribution < 1.29 is 4.79 Å². The average molecular weight is 220 g/mol. The van der Waals surface area contributed by atoms with Gasteiger partial charge in [-0.2, -0.15) is 0 Å². The molecule has 0 aliphatic rings. The first-order chi connectivity index (χ1) is 7.78. The maximum Gasteiger partial charge on any atom is 0.260 e. The first-order valence-corrected chi connectivity index (χ1v) is 4.80. The molecule has 2 heterocycles. The maximum absolute atomic E-state index is 11.5. The van der Waals surface area contributed by atoms with Crippen LogP contribution in [0.25, 0.3) is 0 Å². The van der Waals surface area contributed by atoms with Gasteiger partial charge in [0.15, 0.2) is 0 Å². The molecular formula is C9H12N6O. The van der Waals surface area contributed by atoms with Crippen LogP contribution >= 0.6 is 0 Å². The molecule has 2 rings (SSSR count). The minimum absolute atomic E-state index is 0.116. The molecule has 16 heavy (non-hydrogen) atoms. The number of carbonyl (C=O) groups is 1. The molecule has 0 aliphatic heterocycles. The molecule has 1 amide bonds. The molecule has 0 saturated heterocycles. The van der Waals surface area contributed by atoms with Crippen molar-refractivity contribution in [3.63, 3.8) is 0 Å². The molecule has 0 radical (unpaired) electrons. The van der Waals surface area contributed by atoms with Gasteiger partial charge in [0.25, 0.3) is 5.91 Å². The zero-order chi connectivity index (χ0) is 11.4.